The number of allylic oxidation sites excluding steroid dienone is 4. The summed E-state index contributed by atoms with van der Waals surface area (Å²) >= 11 is -1.55. The van der Waals surface area contributed by atoms with Crippen LogP contribution in [-0.2, 0) is 13.4 Å². The summed E-state index contributed by atoms with van der Waals surface area (Å²) in [5.74, 6) is 0. The summed E-state index contributed by atoms with van der Waals surface area (Å²) in [6.07, 6.45) is 0. The summed E-state index contributed by atoms with van der Waals surface area (Å²) in [5.41, 5.74) is 6.67. The molecule has 0 aromatic heterocycles. The number of fused-ring (bicyclic) bond motifs is 1. The van der Waals surface area contributed by atoms with Crippen molar-refractivity contribution in [1.29, 1.82) is 0 Å². The average molecular weight is 346 g/mol. The first kappa shape index (κ1) is 14.6. The van der Waals surface area contributed by atoms with Crippen molar-refractivity contribution in [2.75, 3.05) is 0 Å². The van der Waals surface area contributed by atoms with Crippen molar-refractivity contribution in [2.24, 2.45) is 0 Å². The zero-order chi connectivity index (χ0) is 13.2. The van der Waals surface area contributed by atoms with Gasteiger partial charge in [0.15, 0.2) is 0 Å². The molecule has 0 N–H and O–H groups in total. The molecule has 1 aliphatic carbocycles. The zero-order valence-electron chi connectivity index (χ0n) is 10.5. The van der Waals surface area contributed by atoms with Crippen LogP contribution in [-0.4, -0.2) is 3.05 Å². The van der Waals surface area contributed by atoms with Crippen LogP contribution in [0.5, 0.6) is 0 Å². The van der Waals surface area contributed by atoms with Crippen LogP contribution in [0.3, 0.4) is 0 Å². The zero-order valence-corrected chi connectivity index (χ0v) is 15.2. The SMILES string of the molecule is CC1=C(C)C2=C(C)[C](C)([Ti]([Cl])([Cl])[Cl])SC2=C1C. The summed E-state index contributed by atoms with van der Waals surface area (Å²) in [6.45, 7) is 10.7. The van der Waals surface area contributed by atoms with E-state index in [-0.39, 0.29) is 3.05 Å². The number of hydrogen-bond donors (Lipinski definition) is 0. The van der Waals surface area contributed by atoms with Crippen molar-refractivity contribution < 1.29 is 13.4 Å². The van der Waals surface area contributed by atoms with Gasteiger partial charge in [0.05, 0.1) is 0 Å². The molecule has 0 nitrogen and oxygen atoms in total. The fourth-order valence-corrected chi connectivity index (χ4v) is 8.92. The molecule has 1 aliphatic heterocycles. The summed E-state index contributed by atoms with van der Waals surface area (Å²) in [4.78, 5) is 1.33. The third-order valence-corrected chi connectivity index (χ3v) is 15.5. The van der Waals surface area contributed by atoms with Crippen LogP contribution in [0.1, 0.15) is 34.6 Å². The first-order valence-corrected chi connectivity index (χ1v) is 13.5. The normalized spacial score (nSPS) is 29.6. The Morgan fingerprint density at radius 1 is 0.941 bits per heavy atom. The van der Waals surface area contributed by atoms with E-state index in [0.29, 0.717) is 0 Å². The Morgan fingerprint density at radius 3 is 1.88 bits per heavy atom. The van der Waals surface area contributed by atoms with E-state index in [1.807, 2.05) is 0 Å². The van der Waals surface area contributed by atoms with Crippen LogP contribution >= 0.6 is 39.7 Å². The molecule has 1 heterocycles. The molecular weight excluding hydrogens is 330 g/mol. The van der Waals surface area contributed by atoms with Gasteiger partial charge >= 0.3 is 124 Å². The van der Waals surface area contributed by atoms with Crippen LogP contribution in [0.25, 0.3) is 0 Å². The monoisotopic (exact) mass is 344 g/mol. The van der Waals surface area contributed by atoms with Gasteiger partial charge in [-0.2, -0.15) is 0 Å². The predicted molar refractivity (Wildman–Crippen MR) is 77.3 cm³/mol. The van der Waals surface area contributed by atoms with Gasteiger partial charge < -0.3 is 0 Å². The van der Waals surface area contributed by atoms with Gasteiger partial charge in [0.2, 0.25) is 0 Å². The molecule has 94 valence electrons. The average Bonchev–Trinajstić information content (AvgIpc) is 2.58. The fourth-order valence-electron chi connectivity index (χ4n) is 2.37. The van der Waals surface area contributed by atoms with Crippen molar-refractivity contribution in [3.8, 4) is 0 Å². The minimum absolute atomic E-state index is 0.279. The molecule has 1 atom stereocenters. The van der Waals surface area contributed by atoms with Gasteiger partial charge in [-0.05, 0) is 0 Å². The summed E-state index contributed by atoms with van der Waals surface area (Å²) in [7, 11) is 19.0. The fraction of sp³-hybridized carbons (Fsp3) is 0.500. The van der Waals surface area contributed by atoms with Gasteiger partial charge in [0, 0.05) is 0 Å². The standard InChI is InChI=1S/C12H15S.3ClH.Ti/c1-6-7(2)11-9(4)10(5)13-12(11)8(6)3;;;;/h1-5H3;3*1H;/q;;;;+3/p-3. The summed E-state index contributed by atoms with van der Waals surface area (Å²) in [6, 6.07) is 0. The van der Waals surface area contributed by atoms with E-state index in [0.717, 1.165) is 0 Å². The second kappa shape index (κ2) is 4.33. The van der Waals surface area contributed by atoms with Crippen LogP contribution < -0.4 is 0 Å². The topological polar surface area (TPSA) is 0 Å². The van der Waals surface area contributed by atoms with Crippen molar-refractivity contribution in [3.05, 3.63) is 32.8 Å². The second-order valence-corrected chi connectivity index (χ2v) is 19.4. The Kier molecular flexibility index (Phi) is 3.71. The van der Waals surface area contributed by atoms with E-state index in [4.69, 9.17) is 27.9 Å². The molecule has 0 fully saturated rings. The van der Waals surface area contributed by atoms with Crippen molar-refractivity contribution in [2.45, 2.75) is 37.7 Å². The molecule has 0 saturated heterocycles. The van der Waals surface area contributed by atoms with Crippen molar-refractivity contribution in [3.63, 3.8) is 0 Å². The predicted octanol–water partition coefficient (Wildman–Crippen LogP) is 6.01. The van der Waals surface area contributed by atoms with E-state index in [2.05, 4.69) is 34.6 Å². The molecule has 0 saturated carbocycles. The first-order valence-electron chi connectivity index (χ1n) is 5.48. The van der Waals surface area contributed by atoms with Crippen LogP contribution in [0.15, 0.2) is 32.8 Å². The molecule has 2 aliphatic rings. The summed E-state index contributed by atoms with van der Waals surface area (Å²) in [5, 5.41) is 0. The maximum absolute atomic E-state index is 6.34. The Balaban J connectivity index is 2.65. The molecular formula is C12H15Cl3STi. The Bertz CT molecular complexity index is 496. The van der Waals surface area contributed by atoms with Gasteiger partial charge in [0.25, 0.3) is 0 Å². The number of thioether (sulfide) groups is 1. The molecule has 2 rings (SSSR count). The number of halogens is 3. The van der Waals surface area contributed by atoms with Gasteiger partial charge in [-0.25, -0.2) is 0 Å². The van der Waals surface area contributed by atoms with Crippen LogP contribution in [0.2, 0.25) is 0 Å². The van der Waals surface area contributed by atoms with Crippen molar-refractivity contribution >= 4 is 39.7 Å². The van der Waals surface area contributed by atoms with E-state index < -0.39 is 13.4 Å². The van der Waals surface area contributed by atoms with Gasteiger partial charge in [-0.3, -0.25) is 0 Å². The molecule has 0 radical (unpaired) electrons. The summed E-state index contributed by atoms with van der Waals surface area (Å²) < 4.78 is -0.279. The molecule has 1 unspecified atom stereocenters. The van der Waals surface area contributed by atoms with Gasteiger partial charge in [-0.15, -0.1) is 0 Å². The molecule has 0 spiro atoms. The molecule has 0 bridgehead atoms. The van der Waals surface area contributed by atoms with E-state index in [1.54, 1.807) is 11.8 Å². The van der Waals surface area contributed by atoms with E-state index >= 15 is 0 Å². The third kappa shape index (κ3) is 1.93. The minimum atomic E-state index is -3.32. The van der Waals surface area contributed by atoms with Crippen molar-refractivity contribution in [1.82, 2.24) is 0 Å². The molecule has 0 aromatic carbocycles. The Morgan fingerprint density at radius 2 is 1.47 bits per heavy atom. The van der Waals surface area contributed by atoms with Gasteiger partial charge in [-0.1, -0.05) is 0 Å². The van der Waals surface area contributed by atoms with Gasteiger partial charge in [0.1, 0.15) is 0 Å². The molecule has 17 heavy (non-hydrogen) atoms. The second-order valence-electron chi connectivity index (χ2n) is 4.84. The van der Waals surface area contributed by atoms with E-state index in [9.17, 15) is 0 Å². The maximum atomic E-state index is 6.34. The third-order valence-electron chi connectivity index (χ3n) is 4.01. The number of rotatable bonds is 1. The van der Waals surface area contributed by atoms with E-state index in [1.165, 1.54) is 32.8 Å². The van der Waals surface area contributed by atoms with Crippen LogP contribution in [0.4, 0.5) is 0 Å². The first-order chi connectivity index (χ1) is 7.61. The molecule has 0 amide bonds. The quantitative estimate of drug-likeness (QED) is 0.525. The number of hydrogen-bond acceptors (Lipinski definition) is 1. The Labute approximate surface area is 122 Å². The van der Waals surface area contributed by atoms with Crippen LogP contribution in [0, 0.1) is 0 Å². The molecule has 5 heteroatoms. The molecule has 0 aromatic rings. The Hall–Kier alpha value is 1.15.